The number of nitrogens with one attached hydrogen (secondary N) is 1. The monoisotopic (exact) mass is 264 g/mol. The first kappa shape index (κ1) is 13.9. The van der Waals surface area contributed by atoms with Crippen molar-refractivity contribution in [1.82, 2.24) is 10.2 Å². The lowest BCUT2D eigenvalue weighted by Crippen LogP contribution is -2.37. The standard InChI is InChI=1S/C17H32N2/c1-19-11-8-14(9-12-19)7-10-18-17-4-2-3-16(13-17)15-5-6-15/h14-18H,2-13H2,1H3. The van der Waals surface area contributed by atoms with Crippen molar-refractivity contribution in [2.45, 2.75) is 63.8 Å². The van der Waals surface area contributed by atoms with Gasteiger partial charge in [0, 0.05) is 6.04 Å². The van der Waals surface area contributed by atoms with Crippen LogP contribution in [0.5, 0.6) is 0 Å². The van der Waals surface area contributed by atoms with Crippen molar-refractivity contribution in [3.05, 3.63) is 0 Å². The van der Waals surface area contributed by atoms with Gasteiger partial charge in [-0.1, -0.05) is 12.8 Å². The van der Waals surface area contributed by atoms with Crippen molar-refractivity contribution < 1.29 is 0 Å². The Hall–Kier alpha value is -0.0800. The highest BCUT2D eigenvalue weighted by Crippen LogP contribution is 2.43. The van der Waals surface area contributed by atoms with Crippen LogP contribution in [0.15, 0.2) is 0 Å². The van der Waals surface area contributed by atoms with Crippen LogP contribution in [-0.2, 0) is 0 Å². The third-order valence-corrected chi connectivity index (χ3v) is 5.83. The second-order valence-electron chi connectivity index (χ2n) is 7.45. The lowest BCUT2D eigenvalue weighted by molar-refractivity contribution is 0.205. The molecule has 110 valence electrons. The average molecular weight is 264 g/mol. The van der Waals surface area contributed by atoms with Gasteiger partial charge in [-0.2, -0.15) is 0 Å². The molecule has 0 radical (unpaired) electrons. The molecular weight excluding hydrogens is 232 g/mol. The molecule has 1 saturated heterocycles. The van der Waals surface area contributed by atoms with Gasteiger partial charge in [-0.15, -0.1) is 0 Å². The molecule has 2 unspecified atom stereocenters. The van der Waals surface area contributed by atoms with E-state index in [1.54, 1.807) is 0 Å². The van der Waals surface area contributed by atoms with Gasteiger partial charge in [0.25, 0.3) is 0 Å². The van der Waals surface area contributed by atoms with E-state index in [-0.39, 0.29) is 0 Å². The highest BCUT2D eigenvalue weighted by atomic mass is 15.1. The summed E-state index contributed by atoms with van der Waals surface area (Å²) >= 11 is 0. The van der Waals surface area contributed by atoms with Crippen LogP contribution in [0.25, 0.3) is 0 Å². The molecule has 2 heteroatoms. The molecule has 1 aliphatic heterocycles. The molecule has 0 aromatic heterocycles. The third-order valence-electron chi connectivity index (χ3n) is 5.83. The normalized spacial score (nSPS) is 34.6. The predicted molar refractivity (Wildman–Crippen MR) is 81.3 cm³/mol. The van der Waals surface area contributed by atoms with Crippen molar-refractivity contribution in [3.8, 4) is 0 Å². The first-order valence-corrected chi connectivity index (χ1v) is 8.73. The van der Waals surface area contributed by atoms with E-state index in [4.69, 9.17) is 0 Å². The van der Waals surface area contributed by atoms with Gasteiger partial charge in [-0.25, -0.2) is 0 Å². The van der Waals surface area contributed by atoms with Crippen LogP contribution in [0.1, 0.15) is 57.8 Å². The van der Waals surface area contributed by atoms with E-state index >= 15 is 0 Å². The SMILES string of the molecule is CN1CCC(CCNC2CCCC(C3CC3)C2)CC1. The molecule has 3 aliphatic rings. The maximum Gasteiger partial charge on any atom is 0.00698 e. The summed E-state index contributed by atoms with van der Waals surface area (Å²) in [5, 5.41) is 3.88. The number of likely N-dealkylation sites (tertiary alicyclic amines) is 1. The molecule has 1 N–H and O–H groups in total. The Morgan fingerprint density at radius 1 is 0.947 bits per heavy atom. The first-order valence-electron chi connectivity index (χ1n) is 8.73. The summed E-state index contributed by atoms with van der Waals surface area (Å²) in [6.07, 6.45) is 13.3. The molecule has 0 bridgehead atoms. The Labute approximate surface area is 119 Å². The summed E-state index contributed by atoms with van der Waals surface area (Å²) in [6, 6.07) is 0.852. The Kier molecular flexibility index (Phi) is 4.81. The van der Waals surface area contributed by atoms with Crippen LogP contribution in [0.3, 0.4) is 0 Å². The maximum absolute atomic E-state index is 3.88. The molecule has 2 atom stereocenters. The Morgan fingerprint density at radius 3 is 2.47 bits per heavy atom. The minimum absolute atomic E-state index is 0.852. The largest absolute Gasteiger partial charge is 0.314 e. The third kappa shape index (κ3) is 4.19. The van der Waals surface area contributed by atoms with Gasteiger partial charge in [-0.3, -0.25) is 0 Å². The van der Waals surface area contributed by atoms with E-state index in [0.717, 1.165) is 23.8 Å². The van der Waals surface area contributed by atoms with Crippen molar-refractivity contribution >= 4 is 0 Å². The molecule has 2 saturated carbocycles. The van der Waals surface area contributed by atoms with E-state index in [1.165, 1.54) is 77.4 Å². The molecule has 19 heavy (non-hydrogen) atoms. The summed E-state index contributed by atoms with van der Waals surface area (Å²) in [6.45, 7) is 3.91. The number of piperidine rings is 1. The fourth-order valence-corrected chi connectivity index (χ4v) is 4.25. The molecular formula is C17H32N2. The highest BCUT2D eigenvalue weighted by molar-refractivity contribution is 4.88. The second kappa shape index (κ2) is 6.58. The van der Waals surface area contributed by atoms with Gasteiger partial charge in [-0.05, 0) is 89.4 Å². The van der Waals surface area contributed by atoms with E-state index in [9.17, 15) is 0 Å². The van der Waals surface area contributed by atoms with Crippen LogP contribution in [0.4, 0.5) is 0 Å². The van der Waals surface area contributed by atoms with E-state index in [1.807, 2.05) is 0 Å². The summed E-state index contributed by atoms with van der Waals surface area (Å²) in [5.74, 6) is 3.19. The maximum atomic E-state index is 3.88. The number of hydrogen-bond acceptors (Lipinski definition) is 2. The van der Waals surface area contributed by atoms with Gasteiger partial charge >= 0.3 is 0 Å². The number of hydrogen-bond donors (Lipinski definition) is 1. The molecule has 0 amide bonds. The first-order chi connectivity index (χ1) is 9.31. The van der Waals surface area contributed by atoms with E-state index in [2.05, 4.69) is 17.3 Å². The molecule has 2 nitrogen and oxygen atoms in total. The van der Waals surface area contributed by atoms with Crippen molar-refractivity contribution in [2.24, 2.45) is 17.8 Å². The summed E-state index contributed by atoms with van der Waals surface area (Å²) in [4.78, 5) is 2.48. The molecule has 3 fully saturated rings. The van der Waals surface area contributed by atoms with E-state index in [0.29, 0.717) is 0 Å². The lowest BCUT2D eigenvalue weighted by atomic mass is 9.82. The minimum Gasteiger partial charge on any atom is -0.314 e. The zero-order valence-corrected chi connectivity index (χ0v) is 12.7. The topological polar surface area (TPSA) is 15.3 Å². The van der Waals surface area contributed by atoms with Crippen LogP contribution in [0.2, 0.25) is 0 Å². The van der Waals surface area contributed by atoms with Crippen LogP contribution < -0.4 is 5.32 Å². The quantitative estimate of drug-likeness (QED) is 0.820. The number of rotatable bonds is 5. The van der Waals surface area contributed by atoms with Crippen LogP contribution >= 0.6 is 0 Å². The number of nitrogens with zero attached hydrogens (tertiary/aromatic N) is 1. The van der Waals surface area contributed by atoms with Crippen molar-refractivity contribution in [3.63, 3.8) is 0 Å². The van der Waals surface area contributed by atoms with Crippen molar-refractivity contribution in [2.75, 3.05) is 26.7 Å². The van der Waals surface area contributed by atoms with Crippen molar-refractivity contribution in [1.29, 1.82) is 0 Å². The summed E-state index contributed by atoms with van der Waals surface area (Å²) in [7, 11) is 2.26. The summed E-state index contributed by atoms with van der Waals surface area (Å²) < 4.78 is 0. The molecule has 1 heterocycles. The predicted octanol–water partition coefficient (Wildman–Crippen LogP) is 3.28. The fraction of sp³-hybridized carbons (Fsp3) is 1.00. The molecule has 0 aromatic rings. The Bertz CT molecular complexity index is 266. The van der Waals surface area contributed by atoms with Gasteiger partial charge in [0.15, 0.2) is 0 Å². The molecule has 3 rings (SSSR count). The molecule has 2 aliphatic carbocycles. The van der Waals surface area contributed by atoms with Crippen LogP contribution in [-0.4, -0.2) is 37.6 Å². The molecule has 0 spiro atoms. The smallest absolute Gasteiger partial charge is 0.00698 e. The minimum atomic E-state index is 0.852. The summed E-state index contributed by atoms with van der Waals surface area (Å²) in [5.41, 5.74) is 0. The van der Waals surface area contributed by atoms with Gasteiger partial charge in [0.2, 0.25) is 0 Å². The average Bonchev–Trinajstić information content (AvgIpc) is 3.26. The van der Waals surface area contributed by atoms with Gasteiger partial charge < -0.3 is 10.2 Å². The lowest BCUT2D eigenvalue weighted by Gasteiger charge is -2.32. The molecule has 0 aromatic carbocycles. The zero-order valence-electron chi connectivity index (χ0n) is 12.7. The Balaban J connectivity index is 1.31. The van der Waals surface area contributed by atoms with Crippen LogP contribution in [0, 0.1) is 17.8 Å². The van der Waals surface area contributed by atoms with Gasteiger partial charge in [0.05, 0.1) is 0 Å². The highest BCUT2D eigenvalue weighted by Gasteiger charge is 2.34. The second-order valence-corrected chi connectivity index (χ2v) is 7.45. The Morgan fingerprint density at radius 2 is 1.74 bits per heavy atom. The van der Waals surface area contributed by atoms with Gasteiger partial charge in [0.1, 0.15) is 0 Å². The van der Waals surface area contributed by atoms with E-state index < -0.39 is 0 Å². The zero-order chi connectivity index (χ0) is 13.1. The fourth-order valence-electron chi connectivity index (χ4n) is 4.25.